The predicted octanol–water partition coefficient (Wildman–Crippen LogP) is 2.70. The van der Waals surface area contributed by atoms with Gasteiger partial charge in [-0.05, 0) is 25.0 Å². The van der Waals surface area contributed by atoms with Crippen molar-refractivity contribution in [2.75, 3.05) is 11.9 Å². The fraction of sp³-hybridized carbons (Fsp3) is 0.571. The van der Waals surface area contributed by atoms with Crippen molar-refractivity contribution in [2.24, 2.45) is 0 Å². The van der Waals surface area contributed by atoms with E-state index in [1.54, 1.807) is 12.4 Å². The number of pyridine rings is 1. The van der Waals surface area contributed by atoms with E-state index >= 15 is 0 Å². The Bertz CT molecular complexity index is 400. The molecule has 4 nitrogen and oxygen atoms in total. The lowest BCUT2D eigenvalue weighted by Crippen LogP contribution is -2.49. The summed E-state index contributed by atoms with van der Waals surface area (Å²) in [4.78, 5) is 17.3. The van der Waals surface area contributed by atoms with Crippen molar-refractivity contribution in [1.29, 1.82) is 0 Å². The zero-order chi connectivity index (χ0) is 13.0. The van der Waals surface area contributed by atoms with Gasteiger partial charge in [0.15, 0.2) is 0 Å². The highest BCUT2D eigenvalue weighted by molar-refractivity contribution is 5.70. The van der Waals surface area contributed by atoms with Gasteiger partial charge >= 0.3 is 5.97 Å². The Hall–Kier alpha value is -1.58. The van der Waals surface area contributed by atoms with Crippen LogP contribution in [0.1, 0.15) is 38.5 Å². The van der Waals surface area contributed by atoms with Crippen LogP contribution in [-0.2, 0) is 4.79 Å². The SMILES string of the molecule is CN(c1ccncc1)C1(CC(=O)O)CCCCC1. The third kappa shape index (κ3) is 2.63. The molecule has 1 heterocycles. The maximum Gasteiger partial charge on any atom is 0.305 e. The van der Waals surface area contributed by atoms with E-state index in [0.29, 0.717) is 0 Å². The summed E-state index contributed by atoms with van der Waals surface area (Å²) in [5, 5.41) is 9.19. The van der Waals surface area contributed by atoms with Crippen LogP contribution in [0.4, 0.5) is 5.69 Å². The molecular formula is C14H20N2O2. The Morgan fingerprint density at radius 1 is 1.33 bits per heavy atom. The van der Waals surface area contributed by atoms with Gasteiger partial charge in [0.1, 0.15) is 0 Å². The number of carboxylic acid groups (broad SMARTS) is 1. The van der Waals surface area contributed by atoms with E-state index in [1.807, 2.05) is 19.2 Å². The average Bonchev–Trinajstić information content (AvgIpc) is 2.39. The molecule has 98 valence electrons. The molecule has 18 heavy (non-hydrogen) atoms. The predicted molar refractivity (Wildman–Crippen MR) is 70.7 cm³/mol. The molecule has 1 aromatic heterocycles. The summed E-state index contributed by atoms with van der Waals surface area (Å²) >= 11 is 0. The van der Waals surface area contributed by atoms with E-state index in [-0.39, 0.29) is 12.0 Å². The highest BCUT2D eigenvalue weighted by Gasteiger charge is 2.38. The van der Waals surface area contributed by atoms with Gasteiger partial charge in [0.2, 0.25) is 0 Å². The molecule has 0 bridgehead atoms. The Balaban J connectivity index is 2.25. The average molecular weight is 248 g/mol. The van der Waals surface area contributed by atoms with Crippen molar-refractivity contribution >= 4 is 11.7 Å². The first-order chi connectivity index (χ1) is 8.64. The second-order valence-electron chi connectivity index (χ2n) is 5.12. The molecular weight excluding hydrogens is 228 g/mol. The largest absolute Gasteiger partial charge is 0.481 e. The Kier molecular flexibility index (Phi) is 3.84. The van der Waals surface area contributed by atoms with Crippen LogP contribution in [0.15, 0.2) is 24.5 Å². The second-order valence-corrected chi connectivity index (χ2v) is 5.12. The lowest BCUT2D eigenvalue weighted by atomic mass is 9.78. The van der Waals surface area contributed by atoms with Gasteiger partial charge in [-0.25, -0.2) is 0 Å². The maximum atomic E-state index is 11.2. The molecule has 1 aliphatic carbocycles. The van der Waals surface area contributed by atoms with E-state index in [0.717, 1.165) is 31.4 Å². The molecule has 1 saturated carbocycles. The van der Waals surface area contributed by atoms with Crippen molar-refractivity contribution in [2.45, 2.75) is 44.1 Å². The Morgan fingerprint density at radius 3 is 2.50 bits per heavy atom. The normalized spacial score (nSPS) is 18.3. The molecule has 0 spiro atoms. The smallest absolute Gasteiger partial charge is 0.305 e. The van der Waals surface area contributed by atoms with Gasteiger partial charge in [0, 0.05) is 25.1 Å². The molecule has 1 aliphatic rings. The highest BCUT2D eigenvalue weighted by Crippen LogP contribution is 2.38. The van der Waals surface area contributed by atoms with Crippen molar-refractivity contribution in [1.82, 2.24) is 4.98 Å². The van der Waals surface area contributed by atoms with Gasteiger partial charge in [0.25, 0.3) is 0 Å². The van der Waals surface area contributed by atoms with Crippen LogP contribution in [0.2, 0.25) is 0 Å². The van der Waals surface area contributed by atoms with Crippen molar-refractivity contribution < 1.29 is 9.90 Å². The Labute approximate surface area is 108 Å². The van der Waals surface area contributed by atoms with E-state index in [2.05, 4.69) is 9.88 Å². The van der Waals surface area contributed by atoms with Gasteiger partial charge < -0.3 is 10.0 Å². The fourth-order valence-corrected chi connectivity index (χ4v) is 2.96. The molecule has 0 aromatic carbocycles. The molecule has 1 N–H and O–H groups in total. The van der Waals surface area contributed by atoms with Gasteiger partial charge in [-0.1, -0.05) is 19.3 Å². The second kappa shape index (κ2) is 5.38. The highest BCUT2D eigenvalue weighted by atomic mass is 16.4. The molecule has 0 saturated heterocycles. The minimum absolute atomic E-state index is 0.214. The summed E-state index contributed by atoms with van der Waals surface area (Å²) in [5.74, 6) is -0.710. The molecule has 1 fully saturated rings. The van der Waals surface area contributed by atoms with Crippen LogP contribution >= 0.6 is 0 Å². The number of hydrogen-bond acceptors (Lipinski definition) is 3. The number of carboxylic acids is 1. The summed E-state index contributed by atoms with van der Waals surface area (Å²) < 4.78 is 0. The van der Waals surface area contributed by atoms with Crippen LogP contribution < -0.4 is 4.90 Å². The lowest BCUT2D eigenvalue weighted by molar-refractivity contribution is -0.138. The zero-order valence-electron chi connectivity index (χ0n) is 10.8. The summed E-state index contributed by atoms with van der Waals surface area (Å²) in [6, 6.07) is 3.89. The molecule has 1 aromatic rings. The molecule has 0 radical (unpaired) electrons. The summed E-state index contributed by atoms with van der Waals surface area (Å²) in [6.07, 6.45) is 9.07. The first-order valence-electron chi connectivity index (χ1n) is 6.50. The Morgan fingerprint density at radius 2 is 1.94 bits per heavy atom. The van der Waals surface area contributed by atoms with Crippen molar-refractivity contribution in [3.63, 3.8) is 0 Å². The van der Waals surface area contributed by atoms with E-state index < -0.39 is 5.97 Å². The van der Waals surface area contributed by atoms with Gasteiger partial charge in [-0.15, -0.1) is 0 Å². The fourth-order valence-electron chi connectivity index (χ4n) is 2.96. The first kappa shape index (κ1) is 12.9. The lowest BCUT2D eigenvalue weighted by Gasteiger charge is -2.45. The molecule has 4 heteroatoms. The maximum absolute atomic E-state index is 11.2. The van der Waals surface area contributed by atoms with Crippen LogP contribution in [-0.4, -0.2) is 28.6 Å². The molecule has 0 amide bonds. The number of aliphatic carboxylic acids is 1. The molecule has 0 unspecified atom stereocenters. The minimum atomic E-state index is -0.710. The third-order valence-corrected chi connectivity index (χ3v) is 4.03. The first-order valence-corrected chi connectivity index (χ1v) is 6.50. The molecule has 0 atom stereocenters. The summed E-state index contributed by atoms with van der Waals surface area (Å²) in [7, 11) is 2.00. The topological polar surface area (TPSA) is 53.4 Å². The van der Waals surface area contributed by atoms with Crippen LogP contribution in [0, 0.1) is 0 Å². The van der Waals surface area contributed by atoms with Crippen molar-refractivity contribution in [3.05, 3.63) is 24.5 Å². The number of aromatic nitrogens is 1. The van der Waals surface area contributed by atoms with Gasteiger partial charge in [-0.2, -0.15) is 0 Å². The quantitative estimate of drug-likeness (QED) is 0.890. The van der Waals surface area contributed by atoms with E-state index in [9.17, 15) is 9.90 Å². The van der Waals surface area contributed by atoms with Gasteiger partial charge in [-0.3, -0.25) is 9.78 Å². The number of carbonyl (C=O) groups is 1. The van der Waals surface area contributed by atoms with Crippen LogP contribution in [0.25, 0.3) is 0 Å². The third-order valence-electron chi connectivity index (χ3n) is 4.03. The molecule has 2 rings (SSSR count). The zero-order valence-corrected chi connectivity index (χ0v) is 10.8. The van der Waals surface area contributed by atoms with Crippen molar-refractivity contribution in [3.8, 4) is 0 Å². The van der Waals surface area contributed by atoms with E-state index in [4.69, 9.17) is 0 Å². The summed E-state index contributed by atoms with van der Waals surface area (Å²) in [5.41, 5.74) is 0.818. The number of rotatable bonds is 4. The number of hydrogen-bond donors (Lipinski definition) is 1. The number of anilines is 1. The summed E-state index contributed by atoms with van der Waals surface area (Å²) in [6.45, 7) is 0. The number of nitrogens with zero attached hydrogens (tertiary/aromatic N) is 2. The monoisotopic (exact) mass is 248 g/mol. The van der Waals surface area contributed by atoms with Gasteiger partial charge in [0.05, 0.1) is 12.0 Å². The minimum Gasteiger partial charge on any atom is -0.481 e. The van der Waals surface area contributed by atoms with E-state index in [1.165, 1.54) is 6.42 Å². The standard InChI is InChI=1S/C14H20N2O2/c1-16(12-5-9-15-10-6-12)14(11-13(17)18)7-3-2-4-8-14/h5-6,9-10H,2-4,7-8,11H2,1H3,(H,17,18). The van der Waals surface area contributed by atoms with Crippen LogP contribution in [0.3, 0.4) is 0 Å². The van der Waals surface area contributed by atoms with Crippen LogP contribution in [0.5, 0.6) is 0 Å². The molecule has 0 aliphatic heterocycles.